The van der Waals surface area contributed by atoms with E-state index in [1.807, 2.05) is 31.2 Å². The van der Waals surface area contributed by atoms with Gasteiger partial charge in [0.05, 0.1) is 24.8 Å². The SMILES string of the molecule is CCOc1cc(C2C(=C(O)c3ccncc3)C(=O)C(=O)N2c2nnc(SCc3ccccc3Cl)s2)ccc1OCCC(C)C. The van der Waals surface area contributed by atoms with E-state index >= 15 is 0 Å². The van der Waals surface area contributed by atoms with E-state index in [2.05, 4.69) is 29.0 Å². The summed E-state index contributed by atoms with van der Waals surface area (Å²) >= 11 is 8.92. The highest BCUT2D eigenvalue weighted by Gasteiger charge is 2.48. The monoisotopic (exact) mass is 650 g/mol. The minimum atomic E-state index is -0.999. The highest BCUT2D eigenvalue weighted by molar-refractivity contribution is 8.00. The molecule has 0 aliphatic carbocycles. The molecule has 2 aromatic carbocycles. The number of amides is 1. The normalized spacial score (nSPS) is 16.1. The third kappa shape index (κ3) is 6.90. The van der Waals surface area contributed by atoms with E-state index in [1.165, 1.54) is 40.4 Å². The molecule has 0 bridgehead atoms. The Bertz CT molecular complexity index is 1680. The minimum absolute atomic E-state index is 0.0717. The van der Waals surface area contributed by atoms with Crippen LogP contribution in [0.1, 0.15) is 49.9 Å². The number of hydrogen-bond acceptors (Lipinski definition) is 10. The van der Waals surface area contributed by atoms with E-state index in [9.17, 15) is 14.7 Å². The lowest BCUT2D eigenvalue weighted by molar-refractivity contribution is -0.132. The van der Waals surface area contributed by atoms with Gasteiger partial charge in [0.25, 0.3) is 5.78 Å². The van der Waals surface area contributed by atoms with Crippen LogP contribution in [0.15, 0.2) is 76.9 Å². The summed E-state index contributed by atoms with van der Waals surface area (Å²) in [6, 6.07) is 15.0. The fourth-order valence-corrected chi connectivity index (χ4v) is 6.76. The fourth-order valence-electron chi connectivity index (χ4n) is 4.61. The number of nitrogens with zero attached hydrogens (tertiary/aromatic N) is 4. The molecule has 1 N–H and O–H groups in total. The fraction of sp³-hybridized carbons (Fsp3) is 0.281. The molecule has 1 aliphatic heterocycles. The molecule has 1 atom stereocenters. The Morgan fingerprint density at radius 2 is 1.84 bits per heavy atom. The summed E-state index contributed by atoms with van der Waals surface area (Å²) in [5, 5.41) is 20.8. The van der Waals surface area contributed by atoms with Crippen LogP contribution in [-0.2, 0) is 15.3 Å². The standard InChI is InChI=1S/C32H31ClN4O5S2/c1-4-41-25-17-21(9-10-24(25)42-16-13-19(2)3)27-26(28(38)20-11-14-34-15-12-20)29(39)30(40)37(27)31-35-36-32(44-31)43-18-22-7-5-6-8-23(22)33/h5-12,14-15,17,19,27,38H,4,13,16,18H2,1-3H3. The molecule has 1 amide bonds. The second-order valence-corrected chi connectivity index (χ2v) is 12.9. The first-order chi connectivity index (χ1) is 21.3. The summed E-state index contributed by atoms with van der Waals surface area (Å²) in [5.41, 5.74) is 1.76. The van der Waals surface area contributed by atoms with E-state index < -0.39 is 17.7 Å². The average molecular weight is 651 g/mol. The maximum absolute atomic E-state index is 13.6. The van der Waals surface area contributed by atoms with Gasteiger partial charge in [0, 0.05) is 28.7 Å². The zero-order valence-corrected chi connectivity index (χ0v) is 26.8. The number of rotatable bonds is 12. The van der Waals surface area contributed by atoms with E-state index in [0.29, 0.717) is 56.9 Å². The molecule has 12 heteroatoms. The van der Waals surface area contributed by atoms with E-state index in [4.69, 9.17) is 21.1 Å². The van der Waals surface area contributed by atoms with Gasteiger partial charge in [0.1, 0.15) is 5.76 Å². The number of thioether (sulfide) groups is 1. The predicted molar refractivity (Wildman–Crippen MR) is 173 cm³/mol. The first-order valence-corrected chi connectivity index (χ1v) is 16.3. The molecule has 2 aromatic heterocycles. The van der Waals surface area contributed by atoms with Crippen LogP contribution in [0.3, 0.4) is 0 Å². The molecule has 1 saturated heterocycles. The second kappa shape index (κ2) is 14.2. The maximum atomic E-state index is 13.6. The van der Waals surface area contributed by atoms with Gasteiger partial charge in [-0.15, -0.1) is 10.2 Å². The molecule has 1 fully saturated rings. The largest absolute Gasteiger partial charge is 0.507 e. The number of pyridine rings is 1. The molecule has 1 aliphatic rings. The minimum Gasteiger partial charge on any atom is -0.507 e. The van der Waals surface area contributed by atoms with Gasteiger partial charge in [-0.1, -0.05) is 72.8 Å². The molecule has 228 valence electrons. The smallest absolute Gasteiger partial charge is 0.301 e. The molecule has 5 rings (SSSR count). The third-order valence-corrected chi connectivity index (χ3v) is 9.32. The summed E-state index contributed by atoms with van der Waals surface area (Å²) in [6.07, 6.45) is 3.88. The van der Waals surface area contributed by atoms with Crippen LogP contribution in [0, 0.1) is 5.92 Å². The lowest BCUT2D eigenvalue weighted by Gasteiger charge is -2.23. The van der Waals surface area contributed by atoms with Crippen LogP contribution in [0.5, 0.6) is 11.5 Å². The molecule has 0 radical (unpaired) electrons. The maximum Gasteiger partial charge on any atom is 0.301 e. The summed E-state index contributed by atoms with van der Waals surface area (Å²) in [7, 11) is 0. The zero-order chi connectivity index (χ0) is 31.2. The van der Waals surface area contributed by atoms with Crippen molar-refractivity contribution < 1.29 is 24.2 Å². The van der Waals surface area contributed by atoms with Crippen LogP contribution in [-0.4, -0.2) is 45.2 Å². The highest BCUT2D eigenvalue weighted by atomic mass is 35.5. The van der Waals surface area contributed by atoms with Crippen molar-refractivity contribution in [2.24, 2.45) is 5.92 Å². The molecular weight excluding hydrogens is 620 g/mol. The molecule has 4 aromatic rings. The van der Waals surface area contributed by atoms with Gasteiger partial charge in [-0.05, 0) is 60.7 Å². The lowest BCUT2D eigenvalue weighted by atomic mass is 9.95. The molecule has 44 heavy (non-hydrogen) atoms. The first-order valence-electron chi connectivity index (χ1n) is 14.1. The molecule has 9 nitrogen and oxygen atoms in total. The Hall–Kier alpha value is -3.93. The Kier molecular flexibility index (Phi) is 10.2. The number of aliphatic hydroxyl groups is 1. The van der Waals surface area contributed by atoms with Crippen LogP contribution >= 0.6 is 34.7 Å². The summed E-state index contributed by atoms with van der Waals surface area (Å²) in [5.74, 6) is 0.0746. The van der Waals surface area contributed by atoms with Crippen molar-refractivity contribution in [1.29, 1.82) is 0 Å². The molecular formula is C32H31ClN4O5S2. The van der Waals surface area contributed by atoms with Crippen LogP contribution in [0.25, 0.3) is 5.76 Å². The number of ether oxygens (including phenoxy) is 2. The van der Waals surface area contributed by atoms with Gasteiger partial charge in [-0.2, -0.15) is 0 Å². The quantitative estimate of drug-likeness (QED) is 0.0553. The van der Waals surface area contributed by atoms with Crippen molar-refractivity contribution in [3.05, 3.63) is 94.3 Å². The van der Waals surface area contributed by atoms with Gasteiger partial charge < -0.3 is 14.6 Å². The number of halogens is 1. The Labute approximate surface area is 268 Å². The molecule has 3 heterocycles. The zero-order valence-electron chi connectivity index (χ0n) is 24.4. The number of carbonyl (C=O) groups excluding carboxylic acids is 2. The number of carbonyl (C=O) groups is 2. The predicted octanol–water partition coefficient (Wildman–Crippen LogP) is 7.33. The van der Waals surface area contributed by atoms with Crippen LogP contribution in [0.2, 0.25) is 5.02 Å². The summed E-state index contributed by atoms with van der Waals surface area (Å²) in [6.45, 7) is 7.00. The number of ketones is 1. The van der Waals surface area contributed by atoms with Crippen molar-refractivity contribution in [1.82, 2.24) is 15.2 Å². The molecule has 1 unspecified atom stereocenters. The highest BCUT2D eigenvalue weighted by Crippen LogP contribution is 2.45. The topological polar surface area (TPSA) is 115 Å². The molecule has 0 saturated carbocycles. The Morgan fingerprint density at radius 3 is 2.57 bits per heavy atom. The van der Waals surface area contributed by atoms with Crippen molar-refractivity contribution in [2.75, 3.05) is 18.1 Å². The van der Waals surface area contributed by atoms with Gasteiger partial charge in [0.2, 0.25) is 5.13 Å². The molecule has 0 spiro atoms. The number of anilines is 1. The van der Waals surface area contributed by atoms with Crippen LogP contribution < -0.4 is 14.4 Å². The van der Waals surface area contributed by atoms with Crippen LogP contribution in [0.4, 0.5) is 5.13 Å². The number of aliphatic hydroxyl groups excluding tert-OH is 1. The van der Waals surface area contributed by atoms with Crippen molar-refractivity contribution in [2.45, 2.75) is 43.3 Å². The number of aromatic nitrogens is 3. The second-order valence-electron chi connectivity index (χ2n) is 10.3. The first kappa shape index (κ1) is 31.5. The number of Topliss-reactive ketones (excluding diaryl/α,β-unsaturated/α-hetero) is 1. The Morgan fingerprint density at radius 1 is 1.07 bits per heavy atom. The lowest BCUT2D eigenvalue weighted by Crippen LogP contribution is -2.29. The van der Waals surface area contributed by atoms with E-state index in [0.717, 1.165) is 12.0 Å². The van der Waals surface area contributed by atoms with Crippen molar-refractivity contribution in [3.8, 4) is 11.5 Å². The van der Waals surface area contributed by atoms with Gasteiger partial charge in [0.15, 0.2) is 15.8 Å². The number of hydrogen-bond donors (Lipinski definition) is 1. The van der Waals surface area contributed by atoms with E-state index in [-0.39, 0.29) is 16.5 Å². The van der Waals surface area contributed by atoms with Crippen molar-refractivity contribution in [3.63, 3.8) is 0 Å². The number of benzene rings is 2. The van der Waals surface area contributed by atoms with Gasteiger partial charge in [-0.25, -0.2) is 0 Å². The van der Waals surface area contributed by atoms with Gasteiger partial charge in [-0.3, -0.25) is 19.5 Å². The van der Waals surface area contributed by atoms with Gasteiger partial charge >= 0.3 is 5.91 Å². The Balaban J connectivity index is 1.55. The average Bonchev–Trinajstić information content (AvgIpc) is 3.59. The third-order valence-electron chi connectivity index (χ3n) is 6.85. The summed E-state index contributed by atoms with van der Waals surface area (Å²) < 4.78 is 12.5. The van der Waals surface area contributed by atoms with Crippen molar-refractivity contribution >= 4 is 57.3 Å². The van der Waals surface area contributed by atoms with E-state index in [1.54, 1.807) is 30.3 Å². The summed E-state index contributed by atoms with van der Waals surface area (Å²) in [4.78, 5) is 32.5.